The molecule has 1 N–H and O–H groups in total. The molecule has 0 amide bonds. The Kier molecular flexibility index (Phi) is 7.52. The van der Waals surface area contributed by atoms with Gasteiger partial charge in [0, 0.05) is 17.6 Å². The molecule has 4 nitrogen and oxygen atoms in total. The lowest BCUT2D eigenvalue weighted by atomic mass is 9.96. The molecule has 0 saturated carbocycles. The number of benzene rings is 1. The lowest BCUT2D eigenvalue weighted by molar-refractivity contribution is -0.131. The summed E-state index contributed by atoms with van der Waals surface area (Å²) < 4.78 is 11.4. The Morgan fingerprint density at radius 1 is 1.38 bits per heavy atom. The highest BCUT2D eigenvalue weighted by Gasteiger charge is 2.17. The maximum Gasteiger partial charge on any atom is 0.328 e. The van der Waals surface area contributed by atoms with Crippen molar-refractivity contribution in [1.82, 2.24) is 0 Å². The van der Waals surface area contributed by atoms with Gasteiger partial charge < -0.3 is 14.6 Å². The number of ether oxygens (including phenoxy) is 2. The number of hydrogen-bond donors (Lipinski definition) is 1. The Morgan fingerprint density at radius 3 is 2.88 bits per heavy atom. The van der Waals surface area contributed by atoms with Crippen molar-refractivity contribution in [1.29, 1.82) is 0 Å². The Morgan fingerprint density at radius 2 is 2.19 bits per heavy atom. The molecule has 1 aromatic carbocycles. The normalized spacial score (nSPS) is 17.3. The summed E-state index contributed by atoms with van der Waals surface area (Å²) in [6.07, 6.45) is 11.9. The van der Waals surface area contributed by atoms with Crippen LogP contribution in [0.5, 0.6) is 11.5 Å². The van der Waals surface area contributed by atoms with Crippen LogP contribution >= 0.6 is 0 Å². The van der Waals surface area contributed by atoms with Crippen LogP contribution in [0, 0.1) is 5.92 Å². The van der Waals surface area contributed by atoms with Gasteiger partial charge in [-0.2, -0.15) is 0 Å². The molecule has 140 valence electrons. The van der Waals surface area contributed by atoms with E-state index in [9.17, 15) is 4.79 Å². The highest BCUT2D eigenvalue weighted by molar-refractivity contribution is 5.82. The minimum Gasteiger partial charge on any atom is -0.497 e. The molecule has 0 aromatic heterocycles. The van der Waals surface area contributed by atoms with E-state index in [0.29, 0.717) is 18.1 Å². The van der Waals surface area contributed by atoms with Crippen molar-refractivity contribution < 1.29 is 19.4 Å². The quantitative estimate of drug-likeness (QED) is 0.392. The zero-order valence-corrected chi connectivity index (χ0v) is 15.8. The minimum absolute atomic E-state index is 0.336. The first kappa shape index (κ1) is 19.8. The third-order valence-electron chi connectivity index (χ3n) is 4.42. The number of fused-ring (bicyclic) bond motifs is 1. The second-order valence-corrected chi connectivity index (χ2v) is 6.61. The van der Waals surface area contributed by atoms with E-state index in [1.165, 1.54) is 25.3 Å². The average molecular weight is 356 g/mol. The lowest BCUT2D eigenvalue weighted by Crippen LogP contribution is -2.08. The monoisotopic (exact) mass is 356 g/mol. The highest BCUT2D eigenvalue weighted by Crippen LogP contribution is 2.35. The van der Waals surface area contributed by atoms with Crippen LogP contribution in [0.15, 0.2) is 48.1 Å². The van der Waals surface area contributed by atoms with E-state index in [2.05, 4.69) is 13.0 Å². The predicted molar refractivity (Wildman–Crippen MR) is 105 cm³/mol. The maximum atomic E-state index is 10.8. The van der Waals surface area contributed by atoms with Crippen LogP contribution in [0.3, 0.4) is 0 Å². The summed E-state index contributed by atoms with van der Waals surface area (Å²) in [4.78, 5) is 10.8. The molecule has 0 aliphatic carbocycles. The van der Waals surface area contributed by atoms with Crippen LogP contribution in [-0.4, -0.2) is 24.8 Å². The van der Waals surface area contributed by atoms with Gasteiger partial charge in [-0.1, -0.05) is 44.4 Å². The smallest absolute Gasteiger partial charge is 0.328 e. The average Bonchev–Trinajstić information content (AvgIpc) is 2.78. The van der Waals surface area contributed by atoms with Crippen molar-refractivity contribution in [3.63, 3.8) is 0 Å². The van der Waals surface area contributed by atoms with E-state index >= 15 is 0 Å². The van der Waals surface area contributed by atoms with Crippen LogP contribution in [0.1, 0.15) is 45.1 Å². The summed E-state index contributed by atoms with van der Waals surface area (Å²) in [5, 5.41) is 8.89. The van der Waals surface area contributed by atoms with E-state index in [1.54, 1.807) is 14.0 Å². The van der Waals surface area contributed by atoms with Gasteiger partial charge in [-0.05, 0) is 42.7 Å². The summed E-state index contributed by atoms with van der Waals surface area (Å²) in [6.45, 7) is 4.64. The van der Waals surface area contributed by atoms with Gasteiger partial charge in [0.1, 0.15) is 11.5 Å². The fraction of sp³-hybridized carbons (Fsp3) is 0.409. The molecule has 4 heteroatoms. The molecular formula is C22H28O4. The number of aliphatic carboxylic acids is 1. The van der Waals surface area contributed by atoms with E-state index < -0.39 is 5.97 Å². The van der Waals surface area contributed by atoms with Crippen LogP contribution in [0.4, 0.5) is 0 Å². The van der Waals surface area contributed by atoms with E-state index in [4.69, 9.17) is 14.6 Å². The predicted octanol–water partition coefficient (Wildman–Crippen LogP) is 5.25. The van der Waals surface area contributed by atoms with Crippen LogP contribution in [0.25, 0.3) is 5.57 Å². The van der Waals surface area contributed by atoms with Gasteiger partial charge in [-0.3, -0.25) is 0 Å². The van der Waals surface area contributed by atoms with Crippen molar-refractivity contribution in [2.45, 2.75) is 39.5 Å². The topological polar surface area (TPSA) is 55.8 Å². The van der Waals surface area contributed by atoms with Gasteiger partial charge in [0.05, 0.1) is 13.7 Å². The first-order chi connectivity index (χ1) is 12.5. The molecule has 26 heavy (non-hydrogen) atoms. The van der Waals surface area contributed by atoms with E-state index in [-0.39, 0.29) is 0 Å². The summed E-state index contributed by atoms with van der Waals surface area (Å²) >= 11 is 0. The number of allylic oxidation sites excluding steroid dienone is 4. The minimum atomic E-state index is -0.940. The molecule has 1 unspecified atom stereocenters. The molecule has 1 aliphatic rings. The van der Waals surface area contributed by atoms with Crippen LogP contribution < -0.4 is 9.47 Å². The number of hydrogen-bond acceptors (Lipinski definition) is 3. The fourth-order valence-electron chi connectivity index (χ4n) is 3.01. The number of rotatable bonds is 8. The first-order valence-corrected chi connectivity index (χ1v) is 9.15. The largest absolute Gasteiger partial charge is 0.497 e. The van der Waals surface area contributed by atoms with Crippen molar-refractivity contribution >= 4 is 11.5 Å². The molecule has 0 bridgehead atoms. The Balaban J connectivity index is 2.35. The molecule has 1 heterocycles. The van der Waals surface area contributed by atoms with Crippen molar-refractivity contribution in [3.8, 4) is 11.5 Å². The van der Waals surface area contributed by atoms with Gasteiger partial charge in [0.25, 0.3) is 0 Å². The SMILES string of the molecule is CCCCCC1C=C(C=CC(C)=CC(=O)O)c2cc(OC)ccc2OC1. The van der Waals surface area contributed by atoms with E-state index in [0.717, 1.165) is 29.1 Å². The molecule has 0 radical (unpaired) electrons. The second kappa shape index (κ2) is 9.85. The van der Waals surface area contributed by atoms with Gasteiger partial charge in [-0.15, -0.1) is 0 Å². The first-order valence-electron chi connectivity index (χ1n) is 9.15. The highest BCUT2D eigenvalue weighted by atomic mass is 16.5. The number of carbonyl (C=O) groups is 1. The Labute approximate surface area is 155 Å². The summed E-state index contributed by atoms with van der Waals surface area (Å²) in [5.41, 5.74) is 2.70. The number of carboxylic acids is 1. The van der Waals surface area contributed by atoms with Crippen molar-refractivity contribution in [3.05, 3.63) is 53.6 Å². The van der Waals surface area contributed by atoms with Gasteiger partial charge in [0.15, 0.2) is 0 Å². The number of carboxylic acid groups (broad SMARTS) is 1. The van der Waals surface area contributed by atoms with Gasteiger partial charge in [0.2, 0.25) is 0 Å². The van der Waals surface area contributed by atoms with Gasteiger partial charge in [-0.25, -0.2) is 4.79 Å². The lowest BCUT2D eigenvalue weighted by Gasteiger charge is -2.12. The second-order valence-electron chi connectivity index (χ2n) is 6.61. The molecular weight excluding hydrogens is 328 g/mol. The number of methoxy groups -OCH3 is 1. The fourth-order valence-corrected chi connectivity index (χ4v) is 3.01. The third-order valence-corrected chi connectivity index (χ3v) is 4.42. The third kappa shape index (κ3) is 5.80. The molecule has 0 fully saturated rings. The summed E-state index contributed by atoms with van der Waals surface area (Å²) in [7, 11) is 1.64. The molecule has 0 saturated heterocycles. The van der Waals surface area contributed by atoms with Crippen molar-refractivity contribution in [2.24, 2.45) is 5.92 Å². The van der Waals surface area contributed by atoms with E-state index in [1.807, 2.05) is 30.4 Å². The molecule has 1 aromatic rings. The zero-order valence-electron chi connectivity index (χ0n) is 15.8. The summed E-state index contributed by atoms with van der Waals surface area (Å²) in [6, 6.07) is 5.80. The van der Waals surface area contributed by atoms with Crippen LogP contribution in [-0.2, 0) is 4.79 Å². The van der Waals surface area contributed by atoms with Crippen LogP contribution in [0.2, 0.25) is 0 Å². The Bertz CT molecular complexity index is 713. The van der Waals surface area contributed by atoms with Gasteiger partial charge >= 0.3 is 5.97 Å². The van der Waals surface area contributed by atoms with Crippen molar-refractivity contribution in [2.75, 3.05) is 13.7 Å². The summed E-state index contributed by atoms with van der Waals surface area (Å²) in [5.74, 6) is 1.00. The molecule has 1 atom stereocenters. The standard InChI is InChI=1S/C22H28O4/c1-4-5-6-7-17-13-18(9-8-16(2)12-22(23)24)20-14-19(25-3)10-11-21(20)26-15-17/h8-14,17H,4-7,15H2,1-3H3,(H,23,24). The zero-order chi connectivity index (χ0) is 18.9. The number of unbranched alkanes of at least 4 members (excludes halogenated alkanes) is 2. The maximum absolute atomic E-state index is 10.8. The molecule has 0 spiro atoms. The molecule has 1 aliphatic heterocycles. The Hall–Kier alpha value is -2.49. The molecule has 2 rings (SSSR count).